The van der Waals surface area contributed by atoms with Gasteiger partial charge in [0.25, 0.3) is 5.91 Å². The minimum Gasteiger partial charge on any atom is -0.355 e. The molecule has 1 amide bonds. The van der Waals surface area contributed by atoms with Gasteiger partial charge in [-0.15, -0.1) is 0 Å². The van der Waals surface area contributed by atoms with Crippen LogP contribution in [0.2, 0.25) is 0 Å². The van der Waals surface area contributed by atoms with E-state index < -0.39 is 0 Å². The Balaban J connectivity index is 1.58. The Morgan fingerprint density at radius 1 is 1.25 bits per heavy atom. The standard InChI is InChI=1S/C19H25N3O2/c1-2-22(14-8-13-21-11-6-7-12-21)19(23)17-15-18(24-20-17)16-9-4-3-5-10-16/h3-5,9-10,15H,2,6-8,11-14H2,1H3. The zero-order valence-corrected chi connectivity index (χ0v) is 14.3. The number of likely N-dealkylation sites (tertiary alicyclic amines) is 1. The SMILES string of the molecule is CCN(CCCN1CCCC1)C(=O)c1cc(-c2ccccc2)on1. The zero-order valence-electron chi connectivity index (χ0n) is 14.3. The zero-order chi connectivity index (χ0) is 16.8. The number of aromatic nitrogens is 1. The molecule has 0 spiro atoms. The molecule has 128 valence electrons. The van der Waals surface area contributed by atoms with E-state index in [1.54, 1.807) is 6.07 Å². The molecule has 5 nitrogen and oxygen atoms in total. The summed E-state index contributed by atoms with van der Waals surface area (Å²) in [7, 11) is 0. The highest BCUT2D eigenvalue weighted by atomic mass is 16.5. The minimum atomic E-state index is -0.0511. The van der Waals surface area contributed by atoms with Crippen LogP contribution in [0.3, 0.4) is 0 Å². The highest BCUT2D eigenvalue weighted by Crippen LogP contribution is 2.20. The minimum absolute atomic E-state index is 0.0511. The maximum atomic E-state index is 12.6. The van der Waals surface area contributed by atoms with Crippen LogP contribution in [0.25, 0.3) is 11.3 Å². The molecule has 1 saturated heterocycles. The van der Waals surface area contributed by atoms with Crippen molar-refractivity contribution < 1.29 is 9.32 Å². The summed E-state index contributed by atoms with van der Waals surface area (Å²) in [6.07, 6.45) is 3.61. The van der Waals surface area contributed by atoms with E-state index in [1.165, 1.54) is 25.9 Å². The molecule has 0 atom stereocenters. The molecule has 2 aromatic rings. The van der Waals surface area contributed by atoms with Crippen molar-refractivity contribution in [1.82, 2.24) is 15.0 Å². The quantitative estimate of drug-likeness (QED) is 0.783. The van der Waals surface area contributed by atoms with Crippen molar-refractivity contribution in [1.29, 1.82) is 0 Å². The molecule has 2 heterocycles. The summed E-state index contributed by atoms with van der Waals surface area (Å²) in [5, 5.41) is 3.97. The van der Waals surface area contributed by atoms with Crippen LogP contribution in [-0.2, 0) is 0 Å². The van der Waals surface area contributed by atoms with Gasteiger partial charge in [0, 0.05) is 24.7 Å². The molecule has 5 heteroatoms. The van der Waals surface area contributed by atoms with Crippen LogP contribution in [0.15, 0.2) is 40.9 Å². The summed E-state index contributed by atoms with van der Waals surface area (Å²) in [6.45, 7) is 6.92. The van der Waals surface area contributed by atoms with Crippen molar-refractivity contribution in [3.63, 3.8) is 0 Å². The number of carbonyl (C=O) groups is 1. The van der Waals surface area contributed by atoms with Crippen LogP contribution >= 0.6 is 0 Å². The molecule has 0 bridgehead atoms. The Kier molecular flexibility index (Phi) is 5.64. The Labute approximate surface area is 143 Å². The summed E-state index contributed by atoms with van der Waals surface area (Å²) in [5.74, 6) is 0.580. The lowest BCUT2D eigenvalue weighted by molar-refractivity contribution is 0.0748. The van der Waals surface area contributed by atoms with E-state index in [0.717, 1.165) is 25.1 Å². The summed E-state index contributed by atoms with van der Waals surface area (Å²) in [5.41, 5.74) is 1.32. The molecule has 1 aliphatic heterocycles. The first kappa shape index (κ1) is 16.7. The molecule has 1 aromatic carbocycles. The van der Waals surface area contributed by atoms with Crippen LogP contribution in [0.5, 0.6) is 0 Å². The second-order valence-electron chi connectivity index (χ2n) is 6.23. The number of carbonyl (C=O) groups excluding carboxylic acids is 1. The lowest BCUT2D eigenvalue weighted by atomic mass is 10.1. The molecule has 3 rings (SSSR count). The molecule has 0 radical (unpaired) electrons. The van der Waals surface area contributed by atoms with Gasteiger partial charge in [-0.2, -0.15) is 0 Å². The third-order valence-corrected chi connectivity index (χ3v) is 4.56. The van der Waals surface area contributed by atoms with Crippen molar-refractivity contribution in [2.75, 3.05) is 32.7 Å². The second-order valence-corrected chi connectivity index (χ2v) is 6.23. The lowest BCUT2D eigenvalue weighted by Crippen LogP contribution is -2.34. The predicted octanol–water partition coefficient (Wildman–Crippen LogP) is 3.29. The topological polar surface area (TPSA) is 49.6 Å². The molecule has 1 aliphatic rings. The highest BCUT2D eigenvalue weighted by Gasteiger charge is 2.19. The normalized spacial score (nSPS) is 14.9. The van der Waals surface area contributed by atoms with Crippen molar-refractivity contribution >= 4 is 5.91 Å². The molecular formula is C19H25N3O2. The third-order valence-electron chi connectivity index (χ3n) is 4.56. The Morgan fingerprint density at radius 3 is 2.71 bits per heavy atom. The number of amides is 1. The maximum absolute atomic E-state index is 12.6. The van der Waals surface area contributed by atoms with Gasteiger partial charge in [0.05, 0.1) is 0 Å². The molecule has 1 fully saturated rings. The smallest absolute Gasteiger partial charge is 0.276 e. The second kappa shape index (κ2) is 8.11. The van der Waals surface area contributed by atoms with E-state index in [1.807, 2.05) is 42.2 Å². The third kappa shape index (κ3) is 4.03. The van der Waals surface area contributed by atoms with Crippen LogP contribution in [0, 0.1) is 0 Å². The van der Waals surface area contributed by atoms with Gasteiger partial charge < -0.3 is 14.3 Å². The Morgan fingerprint density at radius 2 is 2.00 bits per heavy atom. The fourth-order valence-corrected chi connectivity index (χ4v) is 3.17. The number of benzene rings is 1. The fraction of sp³-hybridized carbons (Fsp3) is 0.474. The molecular weight excluding hydrogens is 302 g/mol. The lowest BCUT2D eigenvalue weighted by Gasteiger charge is -2.21. The Hall–Kier alpha value is -2.14. The molecule has 0 unspecified atom stereocenters. The van der Waals surface area contributed by atoms with Gasteiger partial charge in [0.2, 0.25) is 0 Å². The fourth-order valence-electron chi connectivity index (χ4n) is 3.17. The van der Waals surface area contributed by atoms with Gasteiger partial charge in [-0.3, -0.25) is 4.79 Å². The predicted molar refractivity (Wildman–Crippen MR) is 93.8 cm³/mol. The van der Waals surface area contributed by atoms with Crippen molar-refractivity contribution in [3.8, 4) is 11.3 Å². The molecule has 0 N–H and O–H groups in total. The molecule has 24 heavy (non-hydrogen) atoms. The van der Waals surface area contributed by atoms with Crippen LogP contribution < -0.4 is 0 Å². The van der Waals surface area contributed by atoms with E-state index in [2.05, 4.69) is 10.1 Å². The van der Waals surface area contributed by atoms with E-state index in [-0.39, 0.29) is 5.91 Å². The summed E-state index contributed by atoms with van der Waals surface area (Å²) >= 11 is 0. The average molecular weight is 327 g/mol. The average Bonchev–Trinajstić information content (AvgIpc) is 3.31. The van der Waals surface area contributed by atoms with E-state index in [9.17, 15) is 4.79 Å². The first-order valence-corrected chi connectivity index (χ1v) is 8.81. The van der Waals surface area contributed by atoms with Crippen LogP contribution in [0.1, 0.15) is 36.7 Å². The molecule has 1 aromatic heterocycles. The van der Waals surface area contributed by atoms with Crippen LogP contribution in [-0.4, -0.2) is 53.6 Å². The van der Waals surface area contributed by atoms with Gasteiger partial charge in [-0.1, -0.05) is 35.5 Å². The summed E-state index contributed by atoms with van der Waals surface area (Å²) in [4.78, 5) is 17.0. The molecule has 0 saturated carbocycles. The summed E-state index contributed by atoms with van der Waals surface area (Å²) in [6, 6.07) is 11.5. The highest BCUT2D eigenvalue weighted by molar-refractivity contribution is 5.93. The first-order valence-electron chi connectivity index (χ1n) is 8.81. The van der Waals surface area contributed by atoms with E-state index in [4.69, 9.17) is 4.52 Å². The maximum Gasteiger partial charge on any atom is 0.276 e. The number of rotatable bonds is 7. The van der Waals surface area contributed by atoms with Gasteiger partial charge in [0.15, 0.2) is 11.5 Å². The van der Waals surface area contributed by atoms with Crippen molar-refractivity contribution in [2.45, 2.75) is 26.2 Å². The largest absolute Gasteiger partial charge is 0.355 e. The van der Waals surface area contributed by atoms with E-state index >= 15 is 0 Å². The van der Waals surface area contributed by atoms with Crippen molar-refractivity contribution in [3.05, 3.63) is 42.1 Å². The van der Waals surface area contributed by atoms with Gasteiger partial charge in [-0.05, 0) is 45.8 Å². The van der Waals surface area contributed by atoms with Crippen molar-refractivity contribution in [2.24, 2.45) is 0 Å². The first-order chi connectivity index (χ1) is 11.8. The summed E-state index contributed by atoms with van der Waals surface area (Å²) < 4.78 is 5.35. The van der Waals surface area contributed by atoms with Gasteiger partial charge in [0.1, 0.15) is 0 Å². The molecule has 0 aliphatic carbocycles. The van der Waals surface area contributed by atoms with Crippen LogP contribution in [0.4, 0.5) is 0 Å². The number of hydrogen-bond acceptors (Lipinski definition) is 4. The Bertz CT molecular complexity index is 648. The number of nitrogens with zero attached hydrogens (tertiary/aromatic N) is 3. The van der Waals surface area contributed by atoms with Gasteiger partial charge in [-0.25, -0.2) is 0 Å². The number of hydrogen-bond donors (Lipinski definition) is 0. The van der Waals surface area contributed by atoms with E-state index in [0.29, 0.717) is 18.0 Å². The van der Waals surface area contributed by atoms with Gasteiger partial charge >= 0.3 is 0 Å². The monoisotopic (exact) mass is 327 g/mol.